The molecule has 30 heavy (non-hydrogen) atoms. The summed E-state index contributed by atoms with van der Waals surface area (Å²) in [6, 6.07) is 9.81. The number of halogens is 1. The molecule has 8 nitrogen and oxygen atoms in total. The molecule has 0 aliphatic carbocycles. The van der Waals surface area contributed by atoms with E-state index >= 15 is 0 Å². The van der Waals surface area contributed by atoms with Crippen LogP contribution < -0.4 is 11.1 Å². The Hall–Kier alpha value is -3.30. The number of carbonyl (C=O) groups is 1. The van der Waals surface area contributed by atoms with E-state index in [1.54, 1.807) is 25.3 Å². The van der Waals surface area contributed by atoms with Gasteiger partial charge in [0.1, 0.15) is 11.5 Å². The second-order valence-corrected chi connectivity index (χ2v) is 6.94. The predicted octanol–water partition coefficient (Wildman–Crippen LogP) is 2.44. The van der Waals surface area contributed by atoms with Gasteiger partial charge in [0.2, 0.25) is 0 Å². The summed E-state index contributed by atoms with van der Waals surface area (Å²) < 4.78 is 21.0. The van der Waals surface area contributed by atoms with Crippen molar-refractivity contribution in [1.82, 2.24) is 25.1 Å². The Morgan fingerprint density at radius 1 is 1.30 bits per heavy atom. The van der Waals surface area contributed by atoms with Crippen LogP contribution in [-0.4, -0.2) is 52.5 Å². The lowest BCUT2D eigenvalue weighted by Gasteiger charge is -2.08. The van der Waals surface area contributed by atoms with Gasteiger partial charge in [-0.15, -0.1) is 0 Å². The number of imidazole rings is 1. The quantitative estimate of drug-likeness (QED) is 0.387. The van der Waals surface area contributed by atoms with Crippen molar-refractivity contribution < 1.29 is 13.9 Å². The number of hydrogen-bond donors (Lipinski definition) is 3. The number of methoxy groups -OCH3 is 1. The first kappa shape index (κ1) is 20.0. The van der Waals surface area contributed by atoms with E-state index < -0.39 is 0 Å². The number of H-pyrrole nitrogens is 1. The summed E-state index contributed by atoms with van der Waals surface area (Å²) in [5, 5.41) is 11.0. The van der Waals surface area contributed by atoms with Gasteiger partial charge in [0, 0.05) is 31.1 Å². The average Bonchev–Trinajstić information content (AvgIpc) is 3.32. The molecule has 0 atom stereocenters. The van der Waals surface area contributed by atoms with E-state index in [2.05, 4.69) is 20.5 Å². The van der Waals surface area contributed by atoms with Crippen LogP contribution in [-0.2, 0) is 11.3 Å². The molecule has 0 spiro atoms. The fourth-order valence-corrected chi connectivity index (χ4v) is 3.42. The zero-order valence-electron chi connectivity index (χ0n) is 16.6. The second-order valence-electron chi connectivity index (χ2n) is 6.94. The van der Waals surface area contributed by atoms with Crippen LogP contribution in [0.2, 0.25) is 0 Å². The number of nitrogens with zero attached hydrogens (tertiary/aromatic N) is 3. The largest absolute Gasteiger partial charge is 0.383 e. The minimum Gasteiger partial charge on any atom is -0.383 e. The van der Waals surface area contributed by atoms with Crippen molar-refractivity contribution in [1.29, 1.82) is 0 Å². The zero-order chi connectivity index (χ0) is 21.1. The van der Waals surface area contributed by atoms with E-state index in [-0.39, 0.29) is 11.7 Å². The number of hydrogen-bond acceptors (Lipinski definition) is 5. The molecule has 0 aliphatic heterocycles. The van der Waals surface area contributed by atoms with Crippen molar-refractivity contribution in [3.05, 3.63) is 47.8 Å². The van der Waals surface area contributed by atoms with Crippen molar-refractivity contribution in [3.8, 4) is 11.5 Å². The van der Waals surface area contributed by atoms with Crippen LogP contribution in [0.1, 0.15) is 16.8 Å². The second kappa shape index (κ2) is 8.60. The molecule has 4 rings (SSSR count). The predicted molar refractivity (Wildman–Crippen MR) is 113 cm³/mol. The van der Waals surface area contributed by atoms with Crippen LogP contribution in [0.15, 0.2) is 36.4 Å². The SMILES string of the molecule is COCCn1c(-c2n[nH]c3ccc(C(=O)NCCCN)cc23)nc2ccc(F)cc21. The fourth-order valence-electron chi connectivity index (χ4n) is 3.42. The monoisotopic (exact) mass is 410 g/mol. The number of nitrogens with one attached hydrogen (secondary N) is 2. The Kier molecular flexibility index (Phi) is 5.73. The standard InChI is InChI=1S/C21H23FN6O2/c1-30-10-9-28-18-12-14(22)4-6-17(18)25-20(28)19-15-11-13(3-5-16(15)26-27-19)21(29)24-8-2-7-23/h3-6,11-12H,2,7-10,23H2,1H3,(H,24,29)(H,26,27). The molecule has 156 valence electrons. The molecule has 0 bridgehead atoms. The Bertz CT molecular complexity index is 1200. The lowest BCUT2D eigenvalue weighted by Crippen LogP contribution is -2.25. The number of benzene rings is 2. The van der Waals surface area contributed by atoms with Crippen LogP contribution >= 0.6 is 0 Å². The Morgan fingerprint density at radius 2 is 2.17 bits per heavy atom. The van der Waals surface area contributed by atoms with E-state index in [1.807, 2.05) is 10.6 Å². The normalized spacial score (nSPS) is 11.4. The molecule has 2 aromatic carbocycles. The Morgan fingerprint density at radius 3 is 2.97 bits per heavy atom. The first-order chi connectivity index (χ1) is 14.6. The van der Waals surface area contributed by atoms with E-state index in [0.717, 1.165) is 10.9 Å². The molecule has 0 saturated heterocycles. The maximum absolute atomic E-state index is 13.9. The number of carbonyl (C=O) groups excluding carboxylic acids is 1. The van der Waals surface area contributed by atoms with E-state index in [1.165, 1.54) is 12.1 Å². The number of amides is 1. The molecular formula is C21H23FN6O2. The molecular weight excluding hydrogens is 387 g/mol. The van der Waals surface area contributed by atoms with E-state index in [0.29, 0.717) is 60.8 Å². The molecule has 9 heteroatoms. The van der Waals surface area contributed by atoms with Crippen molar-refractivity contribution in [2.24, 2.45) is 5.73 Å². The number of ether oxygens (including phenoxy) is 1. The molecule has 4 N–H and O–H groups in total. The molecule has 0 aliphatic rings. The van der Waals surface area contributed by atoms with Crippen LogP contribution in [0.4, 0.5) is 4.39 Å². The minimum absolute atomic E-state index is 0.174. The topological polar surface area (TPSA) is 111 Å². The number of nitrogens with two attached hydrogens (primary N) is 1. The summed E-state index contributed by atoms with van der Waals surface area (Å²) in [7, 11) is 1.61. The maximum Gasteiger partial charge on any atom is 0.251 e. The van der Waals surface area contributed by atoms with Gasteiger partial charge in [-0.25, -0.2) is 9.37 Å². The third-order valence-electron chi connectivity index (χ3n) is 4.93. The van der Waals surface area contributed by atoms with Crippen molar-refractivity contribution in [2.75, 3.05) is 26.8 Å². The summed E-state index contributed by atoms with van der Waals surface area (Å²) in [4.78, 5) is 17.1. The Balaban J connectivity index is 1.80. The summed E-state index contributed by atoms with van der Waals surface area (Å²) in [5.74, 6) is 0.0722. The highest BCUT2D eigenvalue weighted by molar-refractivity contribution is 6.01. The van der Waals surface area contributed by atoms with Crippen LogP contribution in [0.25, 0.3) is 33.5 Å². The summed E-state index contributed by atoms with van der Waals surface area (Å²) in [6.07, 6.45) is 0.713. The highest BCUT2D eigenvalue weighted by Crippen LogP contribution is 2.30. The van der Waals surface area contributed by atoms with Gasteiger partial charge in [0.05, 0.1) is 23.2 Å². The van der Waals surface area contributed by atoms with Crippen LogP contribution in [0, 0.1) is 5.82 Å². The molecule has 0 radical (unpaired) electrons. The highest BCUT2D eigenvalue weighted by atomic mass is 19.1. The third-order valence-corrected chi connectivity index (χ3v) is 4.93. The molecule has 2 heterocycles. The molecule has 1 amide bonds. The fraction of sp³-hybridized carbons (Fsp3) is 0.286. The molecule has 0 saturated carbocycles. The van der Waals surface area contributed by atoms with Crippen LogP contribution in [0.5, 0.6) is 0 Å². The van der Waals surface area contributed by atoms with Gasteiger partial charge >= 0.3 is 0 Å². The van der Waals surface area contributed by atoms with Gasteiger partial charge in [-0.05, 0) is 49.4 Å². The minimum atomic E-state index is -0.337. The smallest absolute Gasteiger partial charge is 0.251 e. The Labute approximate surface area is 172 Å². The highest BCUT2D eigenvalue weighted by Gasteiger charge is 2.19. The number of fused-ring (bicyclic) bond motifs is 2. The van der Waals surface area contributed by atoms with Gasteiger partial charge < -0.3 is 20.4 Å². The number of rotatable bonds is 8. The zero-order valence-corrected chi connectivity index (χ0v) is 16.6. The summed E-state index contributed by atoms with van der Waals surface area (Å²) >= 11 is 0. The lowest BCUT2D eigenvalue weighted by molar-refractivity contribution is 0.0953. The van der Waals surface area contributed by atoms with Gasteiger partial charge in [0.15, 0.2) is 5.82 Å². The summed E-state index contributed by atoms with van der Waals surface area (Å²) in [6.45, 7) is 1.96. The third kappa shape index (κ3) is 3.77. The van der Waals surface area contributed by atoms with Crippen LogP contribution in [0.3, 0.4) is 0 Å². The molecule has 0 unspecified atom stereocenters. The van der Waals surface area contributed by atoms with Gasteiger partial charge in [-0.2, -0.15) is 5.10 Å². The lowest BCUT2D eigenvalue weighted by atomic mass is 10.1. The van der Waals surface area contributed by atoms with Crippen molar-refractivity contribution in [2.45, 2.75) is 13.0 Å². The van der Waals surface area contributed by atoms with Gasteiger partial charge in [-0.3, -0.25) is 9.89 Å². The van der Waals surface area contributed by atoms with Gasteiger partial charge in [-0.1, -0.05) is 0 Å². The molecule has 4 aromatic rings. The van der Waals surface area contributed by atoms with Crippen molar-refractivity contribution in [3.63, 3.8) is 0 Å². The maximum atomic E-state index is 13.9. The van der Waals surface area contributed by atoms with Crippen molar-refractivity contribution >= 4 is 27.8 Å². The van der Waals surface area contributed by atoms with Gasteiger partial charge in [0.25, 0.3) is 5.91 Å². The van der Waals surface area contributed by atoms with E-state index in [4.69, 9.17) is 10.5 Å². The first-order valence-electron chi connectivity index (χ1n) is 9.74. The molecule has 0 fully saturated rings. The first-order valence-corrected chi connectivity index (χ1v) is 9.74. The van der Waals surface area contributed by atoms with E-state index in [9.17, 15) is 9.18 Å². The number of aromatic nitrogens is 4. The number of aromatic amines is 1. The average molecular weight is 410 g/mol. The molecule has 2 aromatic heterocycles. The summed E-state index contributed by atoms with van der Waals surface area (Å²) in [5.41, 5.74) is 8.70.